The van der Waals surface area contributed by atoms with Crippen LogP contribution in [0.2, 0.25) is 0 Å². The minimum atomic E-state index is -0.259. The highest BCUT2D eigenvalue weighted by molar-refractivity contribution is 5.95. The molecule has 0 aliphatic heterocycles. The van der Waals surface area contributed by atoms with Crippen LogP contribution in [0.15, 0.2) is 47.5 Å². The molecule has 3 rings (SSSR count). The van der Waals surface area contributed by atoms with Gasteiger partial charge in [0.05, 0.1) is 23.8 Å². The molecular weight excluding hydrogens is 380 g/mol. The number of fused-ring (bicyclic) bond motifs is 1. The van der Waals surface area contributed by atoms with Gasteiger partial charge in [-0.3, -0.25) is 19.0 Å². The first-order valence-electron chi connectivity index (χ1n) is 9.82. The Bertz CT molecular complexity index is 1140. The summed E-state index contributed by atoms with van der Waals surface area (Å²) in [4.78, 5) is 43.0. The first kappa shape index (κ1) is 21.2. The van der Waals surface area contributed by atoms with E-state index >= 15 is 0 Å². The number of benzene rings is 2. The summed E-state index contributed by atoms with van der Waals surface area (Å²) in [5, 5.41) is 3.41. The van der Waals surface area contributed by atoms with Gasteiger partial charge < -0.3 is 10.2 Å². The van der Waals surface area contributed by atoms with Gasteiger partial charge in [-0.1, -0.05) is 29.8 Å². The second-order valence-electron chi connectivity index (χ2n) is 7.58. The zero-order valence-corrected chi connectivity index (χ0v) is 17.7. The Morgan fingerprint density at radius 1 is 1.10 bits per heavy atom. The van der Waals surface area contributed by atoms with Crippen molar-refractivity contribution in [3.05, 3.63) is 69.8 Å². The number of amides is 2. The number of nitrogens with one attached hydrogen (secondary N) is 1. The van der Waals surface area contributed by atoms with E-state index in [4.69, 9.17) is 0 Å². The quantitative estimate of drug-likeness (QED) is 0.682. The van der Waals surface area contributed by atoms with Crippen LogP contribution in [-0.4, -0.2) is 39.9 Å². The zero-order valence-electron chi connectivity index (χ0n) is 17.7. The molecule has 1 aromatic heterocycles. The highest BCUT2D eigenvalue weighted by Crippen LogP contribution is 2.21. The van der Waals surface area contributed by atoms with Crippen LogP contribution in [0, 0.1) is 20.8 Å². The number of hydrogen-bond donors (Lipinski definition) is 1. The fourth-order valence-electron chi connectivity index (χ4n) is 3.53. The molecule has 0 radical (unpaired) electrons. The number of carbonyl (C=O) groups excluding carboxylic acids is 2. The first-order valence-corrected chi connectivity index (χ1v) is 9.82. The van der Waals surface area contributed by atoms with Gasteiger partial charge in [-0.05, 0) is 44.0 Å². The van der Waals surface area contributed by atoms with Crippen molar-refractivity contribution in [1.29, 1.82) is 0 Å². The number of aromatic nitrogens is 2. The number of para-hydroxylation sites is 1. The van der Waals surface area contributed by atoms with Crippen molar-refractivity contribution in [2.24, 2.45) is 0 Å². The molecule has 7 heteroatoms. The molecular formula is C23H26N4O3. The number of aryl methyl sites for hydroxylation is 4. The number of likely N-dealkylation sites (N-methyl/N-ethyl adjacent to an activating group) is 1. The zero-order chi connectivity index (χ0) is 21.8. The summed E-state index contributed by atoms with van der Waals surface area (Å²) in [5.74, 6) is -0.479. The average Bonchev–Trinajstić information content (AvgIpc) is 2.70. The maximum atomic E-state index is 12.5. The third-order valence-corrected chi connectivity index (χ3v) is 5.05. The fourth-order valence-corrected chi connectivity index (χ4v) is 3.53. The molecule has 0 atom stereocenters. The van der Waals surface area contributed by atoms with Gasteiger partial charge in [-0.15, -0.1) is 0 Å². The Morgan fingerprint density at radius 2 is 1.77 bits per heavy atom. The summed E-state index contributed by atoms with van der Waals surface area (Å²) >= 11 is 0. The van der Waals surface area contributed by atoms with Gasteiger partial charge in [-0.2, -0.15) is 0 Å². The molecule has 7 nitrogen and oxygen atoms in total. The van der Waals surface area contributed by atoms with Crippen LogP contribution >= 0.6 is 0 Å². The van der Waals surface area contributed by atoms with Crippen molar-refractivity contribution in [3.8, 4) is 0 Å². The Morgan fingerprint density at radius 3 is 2.47 bits per heavy atom. The largest absolute Gasteiger partial charge is 0.336 e. The molecule has 2 aromatic carbocycles. The lowest BCUT2D eigenvalue weighted by Crippen LogP contribution is -2.36. The molecule has 156 valence electrons. The van der Waals surface area contributed by atoms with E-state index in [1.165, 1.54) is 15.8 Å². The number of anilines is 1. The maximum absolute atomic E-state index is 12.5. The Kier molecular flexibility index (Phi) is 6.30. The molecule has 2 amide bonds. The van der Waals surface area contributed by atoms with Crippen molar-refractivity contribution in [2.75, 3.05) is 18.9 Å². The van der Waals surface area contributed by atoms with E-state index in [9.17, 15) is 14.4 Å². The van der Waals surface area contributed by atoms with E-state index in [2.05, 4.69) is 10.3 Å². The third-order valence-electron chi connectivity index (χ3n) is 5.05. The highest BCUT2D eigenvalue weighted by Gasteiger charge is 2.15. The molecule has 0 saturated heterocycles. The molecule has 1 N–H and O–H groups in total. The summed E-state index contributed by atoms with van der Waals surface area (Å²) in [6, 6.07) is 11.1. The average molecular weight is 406 g/mol. The molecule has 0 unspecified atom stereocenters. The minimum Gasteiger partial charge on any atom is -0.336 e. The summed E-state index contributed by atoms with van der Waals surface area (Å²) in [6.45, 7) is 6.04. The Hall–Kier alpha value is -3.48. The van der Waals surface area contributed by atoms with Crippen molar-refractivity contribution < 1.29 is 9.59 Å². The lowest BCUT2D eigenvalue weighted by molar-refractivity contribution is -0.133. The third kappa shape index (κ3) is 4.74. The maximum Gasteiger partial charge on any atom is 0.261 e. The van der Waals surface area contributed by atoms with E-state index in [0.717, 1.165) is 22.4 Å². The second-order valence-corrected chi connectivity index (χ2v) is 7.58. The van der Waals surface area contributed by atoms with Crippen molar-refractivity contribution >= 4 is 28.4 Å². The molecule has 0 saturated carbocycles. The number of nitrogens with zero attached hydrogens (tertiary/aromatic N) is 3. The van der Waals surface area contributed by atoms with Crippen LogP contribution in [0.25, 0.3) is 10.9 Å². The van der Waals surface area contributed by atoms with Crippen molar-refractivity contribution in [2.45, 2.75) is 33.7 Å². The molecule has 0 bridgehead atoms. The first-order chi connectivity index (χ1) is 14.3. The molecule has 0 aliphatic carbocycles. The molecule has 30 heavy (non-hydrogen) atoms. The predicted octanol–water partition coefficient (Wildman–Crippen LogP) is 2.81. The van der Waals surface area contributed by atoms with Gasteiger partial charge >= 0.3 is 0 Å². The van der Waals surface area contributed by atoms with Crippen LogP contribution in [0.5, 0.6) is 0 Å². The lowest BCUT2D eigenvalue weighted by Gasteiger charge is -2.19. The van der Waals surface area contributed by atoms with E-state index in [0.29, 0.717) is 10.9 Å². The summed E-state index contributed by atoms with van der Waals surface area (Å²) in [7, 11) is 1.58. The second kappa shape index (κ2) is 8.90. The molecule has 0 spiro atoms. The van der Waals surface area contributed by atoms with Gasteiger partial charge in [0, 0.05) is 25.7 Å². The number of hydrogen-bond acceptors (Lipinski definition) is 4. The standard InChI is InChI=1S/C23H26N4O3/c1-15-11-16(2)22(17(3)12-15)25-20(28)13-26(4)21(29)9-10-27-14-24-19-8-6-5-7-18(19)23(27)30/h5-8,11-12,14H,9-10,13H2,1-4H3,(H,25,28). The number of rotatable bonds is 6. The Balaban J connectivity index is 1.59. The fraction of sp³-hybridized carbons (Fsp3) is 0.304. The van der Waals surface area contributed by atoms with Gasteiger partial charge in [0.2, 0.25) is 11.8 Å². The monoisotopic (exact) mass is 406 g/mol. The van der Waals surface area contributed by atoms with Crippen LogP contribution in [0.1, 0.15) is 23.1 Å². The van der Waals surface area contributed by atoms with Crippen molar-refractivity contribution in [3.63, 3.8) is 0 Å². The Labute approximate surface area is 175 Å². The lowest BCUT2D eigenvalue weighted by atomic mass is 10.1. The van der Waals surface area contributed by atoms with Gasteiger partial charge in [-0.25, -0.2) is 4.98 Å². The minimum absolute atomic E-state index is 0.0591. The van der Waals surface area contributed by atoms with Gasteiger partial charge in [0.15, 0.2) is 0 Å². The van der Waals surface area contributed by atoms with Crippen LogP contribution in [0.4, 0.5) is 5.69 Å². The van der Waals surface area contributed by atoms with Gasteiger partial charge in [0.1, 0.15) is 0 Å². The predicted molar refractivity (Wildman–Crippen MR) is 118 cm³/mol. The van der Waals surface area contributed by atoms with E-state index < -0.39 is 0 Å². The SMILES string of the molecule is Cc1cc(C)c(NC(=O)CN(C)C(=O)CCn2cnc3ccccc3c2=O)c(C)c1. The van der Waals surface area contributed by atoms with E-state index in [1.54, 1.807) is 25.2 Å². The summed E-state index contributed by atoms with van der Waals surface area (Å²) in [6.07, 6.45) is 1.56. The highest BCUT2D eigenvalue weighted by atomic mass is 16.2. The van der Waals surface area contributed by atoms with Crippen molar-refractivity contribution in [1.82, 2.24) is 14.5 Å². The molecule has 1 heterocycles. The molecule has 0 aliphatic rings. The summed E-state index contributed by atoms with van der Waals surface area (Å²) < 4.78 is 1.42. The summed E-state index contributed by atoms with van der Waals surface area (Å²) in [5.41, 5.74) is 4.32. The number of carbonyl (C=O) groups is 2. The molecule has 3 aromatic rings. The van der Waals surface area contributed by atoms with Gasteiger partial charge in [0.25, 0.3) is 5.56 Å². The van der Waals surface area contributed by atoms with Crippen LogP contribution in [0.3, 0.4) is 0 Å². The normalized spacial score (nSPS) is 10.8. The van der Waals surface area contributed by atoms with Crippen LogP contribution in [-0.2, 0) is 16.1 Å². The van der Waals surface area contributed by atoms with Crippen LogP contribution < -0.4 is 10.9 Å². The molecule has 0 fully saturated rings. The smallest absolute Gasteiger partial charge is 0.261 e. The van der Waals surface area contributed by atoms with E-state index in [-0.39, 0.29) is 36.9 Å². The topological polar surface area (TPSA) is 84.3 Å². The van der Waals surface area contributed by atoms with E-state index in [1.807, 2.05) is 39.0 Å².